The average molecular weight is 253 g/mol. The van der Waals surface area contributed by atoms with Gasteiger partial charge >= 0.3 is 0 Å². The zero-order valence-electron chi connectivity index (χ0n) is 10.9. The molecule has 0 aromatic carbocycles. The molecule has 0 saturated carbocycles. The van der Waals surface area contributed by atoms with Crippen LogP contribution in [0.1, 0.15) is 31.4 Å². The van der Waals surface area contributed by atoms with Crippen LogP contribution in [0.25, 0.3) is 0 Å². The van der Waals surface area contributed by atoms with Crippen molar-refractivity contribution in [2.45, 2.75) is 38.3 Å². The maximum absolute atomic E-state index is 8.86. The van der Waals surface area contributed by atoms with Gasteiger partial charge in [-0.3, -0.25) is 4.90 Å². The summed E-state index contributed by atoms with van der Waals surface area (Å²) in [7, 11) is 0. The Hall–Kier alpha value is -0.840. The van der Waals surface area contributed by atoms with Crippen LogP contribution in [0.4, 0.5) is 0 Å². The lowest BCUT2D eigenvalue weighted by Crippen LogP contribution is -2.32. The van der Waals surface area contributed by atoms with E-state index in [0.29, 0.717) is 6.10 Å². The van der Waals surface area contributed by atoms with E-state index in [2.05, 4.69) is 4.90 Å². The molecule has 1 atom stereocenters. The molecule has 102 valence electrons. The molecule has 1 saturated heterocycles. The second-order valence-electron chi connectivity index (χ2n) is 4.88. The molecule has 1 aromatic rings. The third-order valence-electron chi connectivity index (χ3n) is 3.33. The van der Waals surface area contributed by atoms with Gasteiger partial charge in [0, 0.05) is 19.8 Å². The molecule has 4 nitrogen and oxygen atoms in total. The maximum Gasteiger partial charge on any atom is 0.117 e. The van der Waals surface area contributed by atoms with Crippen LogP contribution in [-0.2, 0) is 11.3 Å². The Kier molecular flexibility index (Phi) is 5.71. The van der Waals surface area contributed by atoms with E-state index in [0.717, 1.165) is 51.3 Å². The number of furan rings is 1. The largest absolute Gasteiger partial charge is 0.468 e. The van der Waals surface area contributed by atoms with E-state index >= 15 is 0 Å². The standard InChI is InChI=1S/C14H23NO3/c16-8-2-1-7-15(11-13-5-3-9-17-13)12-14-6-4-10-18-14/h3,5,9,14,16H,1-2,4,6-8,10-12H2. The molecule has 1 aliphatic heterocycles. The van der Waals surface area contributed by atoms with Crippen LogP contribution in [-0.4, -0.2) is 42.4 Å². The topological polar surface area (TPSA) is 45.8 Å². The van der Waals surface area contributed by atoms with Crippen molar-refractivity contribution < 1.29 is 14.3 Å². The van der Waals surface area contributed by atoms with Crippen molar-refractivity contribution in [2.75, 3.05) is 26.3 Å². The van der Waals surface area contributed by atoms with Gasteiger partial charge in [-0.25, -0.2) is 0 Å². The van der Waals surface area contributed by atoms with Crippen LogP contribution in [0.15, 0.2) is 22.8 Å². The van der Waals surface area contributed by atoms with E-state index in [9.17, 15) is 0 Å². The molecule has 0 bridgehead atoms. The summed E-state index contributed by atoms with van der Waals surface area (Å²) in [5, 5.41) is 8.86. The fraction of sp³-hybridized carbons (Fsp3) is 0.714. The lowest BCUT2D eigenvalue weighted by Gasteiger charge is -2.24. The quantitative estimate of drug-likeness (QED) is 0.720. The fourth-order valence-corrected chi connectivity index (χ4v) is 2.38. The molecule has 1 N–H and O–H groups in total. The molecule has 0 amide bonds. The number of unbranched alkanes of at least 4 members (excludes halogenated alkanes) is 1. The summed E-state index contributed by atoms with van der Waals surface area (Å²) < 4.78 is 11.1. The van der Waals surface area contributed by atoms with E-state index in [4.69, 9.17) is 14.3 Å². The number of hydrogen-bond acceptors (Lipinski definition) is 4. The van der Waals surface area contributed by atoms with Crippen molar-refractivity contribution in [1.29, 1.82) is 0 Å². The van der Waals surface area contributed by atoms with Crippen LogP contribution >= 0.6 is 0 Å². The number of rotatable bonds is 8. The summed E-state index contributed by atoms with van der Waals surface area (Å²) in [6, 6.07) is 3.93. The summed E-state index contributed by atoms with van der Waals surface area (Å²) in [6.07, 6.45) is 6.30. The first-order chi connectivity index (χ1) is 8.88. The van der Waals surface area contributed by atoms with Crippen LogP contribution in [0, 0.1) is 0 Å². The highest BCUT2D eigenvalue weighted by Crippen LogP contribution is 2.15. The molecule has 0 spiro atoms. The van der Waals surface area contributed by atoms with Crippen LogP contribution < -0.4 is 0 Å². The van der Waals surface area contributed by atoms with Gasteiger partial charge in [-0.2, -0.15) is 0 Å². The van der Waals surface area contributed by atoms with E-state index in [1.807, 2.05) is 12.1 Å². The number of aliphatic hydroxyl groups is 1. The smallest absolute Gasteiger partial charge is 0.117 e. The molecular formula is C14H23NO3. The van der Waals surface area contributed by atoms with Crippen molar-refractivity contribution >= 4 is 0 Å². The Morgan fingerprint density at radius 3 is 3.00 bits per heavy atom. The zero-order chi connectivity index (χ0) is 12.6. The molecule has 1 aliphatic rings. The molecule has 1 unspecified atom stereocenters. The summed E-state index contributed by atoms with van der Waals surface area (Å²) in [4.78, 5) is 2.37. The van der Waals surface area contributed by atoms with Crippen LogP contribution in [0.3, 0.4) is 0 Å². The minimum atomic E-state index is 0.272. The Labute approximate surface area is 109 Å². The van der Waals surface area contributed by atoms with Crippen molar-refractivity contribution in [3.63, 3.8) is 0 Å². The normalized spacial score (nSPS) is 19.8. The first kappa shape index (κ1) is 13.6. The Morgan fingerprint density at radius 2 is 2.33 bits per heavy atom. The van der Waals surface area contributed by atoms with E-state index < -0.39 is 0 Å². The third-order valence-corrected chi connectivity index (χ3v) is 3.33. The maximum atomic E-state index is 8.86. The van der Waals surface area contributed by atoms with Gasteiger partial charge in [0.05, 0.1) is 18.9 Å². The van der Waals surface area contributed by atoms with Gasteiger partial charge in [0.1, 0.15) is 5.76 Å². The molecule has 0 aliphatic carbocycles. The molecule has 18 heavy (non-hydrogen) atoms. The number of ether oxygens (including phenoxy) is 1. The SMILES string of the molecule is OCCCCN(Cc1ccco1)CC1CCCO1. The first-order valence-corrected chi connectivity index (χ1v) is 6.85. The average Bonchev–Trinajstić information content (AvgIpc) is 3.02. The third kappa shape index (κ3) is 4.44. The van der Waals surface area contributed by atoms with Crippen molar-refractivity contribution in [3.05, 3.63) is 24.2 Å². The van der Waals surface area contributed by atoms with Gasteiger partial charge < -0.3 is 14.3 Å². The first-order valence-electron chi connectivity index (χ1n) is 6.85. The summed E-state index contributed by atoms with van der Waals surface area (Å²) in [6.45, 7) is 3.95. The monoisotopic (exact) mass is 253 g/mol. The molecule has 1 aromatic heterocycles. The van der Waals surface area contributed by atoms with E-state index in [1.165, 1.54) is 6.42 Å². The Bertz CT molecular complexity index is 307. The predicted molar refractivity (Wildman–Crippen MR) is 69.3 cm³/mol. The highest BCUT2D eigenvalue weighted by molar-refractivity contribution is 4.98. The second kappa shape index (κ2) is 7.56. The number of hydrogen-bond donors (Lipinski definition) is 1. The van der Waals surface area contributed by atoms with Crippen molar-refractivity contribution in [1.82, 2.24) is 4.90 Å². The minimum Gasteiger partial charge on any atom is -0.468 e. The summed E-state index contributed by atoms with van der Waals surface area (Å²) in [5.74, 6) is 0.997. The van der Waals surface area contributed by atoms with Gasteiger partial charge in [0.25, 0.3) is 0 Å². The van der Waals surface area contributed by atoms with Gasteiger partial charge in [-0.1, -0.05) is 0 Å². The second-order valence-corrected chi connectivity index (χ2v) is 4.88. The lowest BCUT2D eigenvalue weighted by atomic mass is 10.2. The number of aliphatic hydroxyl groups excluding tert-OH is 1. The molecule has 4 heteroatoms. The van der Waals surface area contributed by atoms with Gasteiger partial charge in [0.15, 0.2) is 0 Å². The van der Waals surface area contributed by atoms with Crippen LogP contribution in [0.5, 0.6) is 0 Å². The van der Waals surface area contributed by atoms with E-state index in [1.54, 1.807) is 6.26 Å². The highest BCUT2D eigenvalue weighted by Gasteiger charge is 2.19. The number of nitrogens with zero attached hydrogens (tertiary/aromatic N) is 1. The zero-order valence-corrected chi connectivity index (χ0v) is 10.9. The highest BCUT2D eigenvalue weighted by atomic mass is 16.5. The van der Waals surface area contributed by atoms with Crippen molar-refractivity contribution in [3.8, 4) is 0 Å². The Balaban J connectivity index is 1.80. The van der Waals surface area contributed by atoms with Crippen LogP contribution in [0.2, 0.25) is 0 Å². The van der Waals surface area contributed by atoms with Gasteiger partial charge in [0.2, 0.25) is 0 Å². The minimum absolute atomic E-state index is 0.272. The molecule has 2 rings (SSSR count). The molecule has 1 fully saturated rings. The van der Waals surface area contributed by atoms with Gasteiger partial charge in [-0.05, 0) is 44.4 Å². The predicted octanol–water partition coefficient (Wildman–Crippen LogP) is 2.03. The van der Waals surface area contributed by atoms with Crippen molar-refractivity contribution in [2.24, 2.45) is 0 Å². The molecule has 2 heterocycles. The molecular weight excluding hydrogens is 230 g/mol. The Morgan fingerprint density at radius 1 is 1.39 bits per heavy atom. The fourth-order valence-electron chi connectivity index (χ4n) is 2.38. The summed E-state index contributed by atoms with van der Waals surface area (Å²) in [5.41, 5.74) is 0. The van der Waals surface area contributed by atoms with Gasteiger partial charge in [-0.15, -0.1) is 0 Å². The summed E-state index contributed by atoms with van der Waals surface area (Å²) >= 11 is 0. The van der Waals surface area contributed by atoms with E-state index in [-0.39, 0.29) is 6.61 Å². The molecule has 0 radical (unpaired) electrons. The lowest BCUT2D eigenvalue weighted by molar-refractivity contribution is 0.0671.